The van der Waals surface area contributed by atoms with Crippen molar-refractivity contribution in [3.05, 3.63) is 34.4 Å². The van der Waals surface area contributed by atoms with Gasteiger partial charge in [0, 0.05) is 23.7 Å². The van der Waals surface area contributed by atoms with Crippen LogP contribution >= 0.6 is 11.6 Å². The molecule has 0 aromatic heterocycles. The van der Waals surface area contributed by atoms with Crippen LogP contribution in [0.5, 0.6) is 5.75 Å². The lowest BCUT2D eigenvalue weighted by Crippen LogP contribution is -2.35. The third-order valence-corrected chi connectivity index (χ3v) is 5.58. The molecule has 5 nitrogen and oxygen atoms in total. The standard InChI is InChI=1S/C14H18ClNO4S/c1-10-3-5-16(6-4-10)21(18,19)13-8-12(15)7-11(9-17)14(13)20-2/h3,7-8,17H,4-6,9H2,1-2H3. The Morgan fingerprint density at radius 1 is 1.43 bits per heavy atom. The predicted molar refractivity (Wildman–Crippen MR) is 81.1 cm³/mol. The largest absolute Gasteiger partial charge is 0.495 e. The number of aliphatic hydroxyl groups excluding tert-OH is 1. The van der Waals surface area contributed by atoms with Gasteiger partial charge >= 0.3 is 0 Å². The highest BCUT2D eigenvalue weighted by atomic mass is 35.5. The van der Waals surface area contributed by atoms with Gasteiger partial charge in [0.2, 0.25) is 10.0 Å². The number of rotatable bonds is 4. The molecule has 0 unspecified atom stereocenters. The summed E-state index contributed by atoms with van der Waals surface area (Å²) < 4.78 is 32.1. The van der Waals surface area contributed by atoms with E-state index in [4.69, 9.17) is 16.3 Å². The molecule has 0 fully saturated rings. The van der Waals surface area contributed by atoms with Gasteiger partial charge in [0.05, 0.1) is 13.7 Å². The number of methoxy groups -OCH3 is 1. The monoisotopic (exact) mass is 331 g/mol. The van der Waals surface area contributed by atoms with Crippen molar-refractivity contribution < 1.29 is 18.3 Å². The number of hydrogen-bond acceptors (Lipinski definition) is 4. The van der Waals surface area contributed by atoms with E-state index in [1.807, 2.05) is 13.0 Å². The molecule has 0 spiro atoms. The van der Waals surface area contributed by atoms with Gasteiger partial charge in [0.15, 0.2) is 0 Å². The first-order chi connectivity index (χ1) is 9.90. The van der Waals surface area contributed by atoms with Crippen molar-refractivity contribution in [2.24, 2.45) is 0 Å². The summed E-state index contributed by atoms with van der Waals surface area (Å²) >= 11 is 5.96. The Labute approximate surface area is 129 Å². The SMILES string of the molecule is COc1c(CO)cc(Cl)cc1S(=O)(=O)N1CC=C(C)CC1. The fraction of sp³-hybridized carbons (Fsp3) is 0.429. The zero-order valence-corrected chi connectivity index (χ0v) is 13.5. The molecular formula is C14H18ClNO4S. The average molecular weight is 332 g/mol. The quantitative estimate of drug-likeness (QED) is 0.859. The van der Waals surface area contributed by atoms with Gasteiger partial charge in [-0.2, -0.15) is 4.31 Å². The van der Waals surface area contributed by atoms with Crippen molar-refractivity contribution >= 4 is 21.6 Å². The number of halogens is 1. The molecule has 0 amide bonds. The lowest BCUT2D eigenvalue weighted by Gasteiger charge is -2.26. The second-order valence-electron chi connectivity index (χ2n) is 4.92. The third kappa shape index (κ3) is 3.23. The molecule has 2 rings (SSSR count). The van der Waals surface area contributed by atoms with Crippen LogP contribution in [0.15, 0.2) is 28.7 Å². The first kappa shape index (κ1) is 16.3. The van der Waals surface area contributed by atoms with Crippen LogP contribution in [0.25, 0.3) is 0 Å². The minimum absolute atomic E-state index is 0.00509. The molecule has 7 heteroatoms. The zero-order valence-electron chi connectivity index (χ0n) is 12.0. The summed E-state index contributed by atoms with van der Waals surface area (Å²) in [5, 5.41) is 9.60. The zero-order chi connectivity index (χ0) is 15.6. The molecule has 1 heterocycles. The summed E-state index contributed by atoms with van der Waals surface area (Å²) in [4.78, 5) is -0.00509. The number of hydrogen-bond donors (Lipinski definition) is 1. The summed E-state index contributed by atoms with van der Waals surface area (Å²) in [6, 6.07) is 2.86. The van der Waals surface area contributed by atoms with Gasteiger partial charge in [-0.05, 0) is 25.5 Å². The molecule has 0 saturated heterocycles. The van der Waals surface area contributed by atoms with E-state index in [0.717, 1.165) is 0 Å². The molecule has 1 aromatic rings. The van der Waals surface area contributed by atoms with Gasteiger partial charge in [-0.25, -0.2) is 8.42 Å². The van der Waals surface area contributed by atoms with Crippen molar-refractivity contribution in [1.82, 2.24) is 4.31 Å². The van der Waals surface area contributed by atoms with E-state index in [9.17, 15) is 13.5 Å². The Balaban J connectivity index is 2.52. The lowest BCUT2D eigenvalue weighted by molar-refractivity contribution is 0.272. The normalized spacial score (nSPS) is 16.7. The van der Waals surface area contributed by atoms with Crippen molar-refractivity contribution in [2.75, 3.05) is 20.2 Å². The molecule has 0 aliphatic carbocycles. The highest BCUT2D eigenvalue weighted by Crippen LogP contribution is 2.34. The Morgan fingerprint density at radius 2 is 2.14 bits per heavy atom. The Kier molecular flexibility index (Phi) is 4.93. The van der Waals surface area contributed by atoms with Crippen LogP contribution in [0, 0.1) is 0 Å². The minimum atomic E-state index is -3.72. The van der Waals surface area contributed by atoms with Crippen LogP contribution in [-0.4, -0.2) is 38.0 Å². The summed E-state index contributed by atoms with van der Waals surface area (Å²) in [7, 11) is -2.34. The number of nitrogens with zero attached hydrogens (tertiary/aromatic N) is 1. The average Bonchev–Trinajstić information content (AvgIpc) is 2.46. The summed E-state index contributed by atoms with van der Waals surface area (Å²) in [6.07, 6.45) is 2.60. The van der Waals surface area contributed by atoms with Crippen molar-refractivity contribution in [1.29, 1.82) is 0 Å². The molecule has 0 atom stereocenters. The molecule has 1 aliphatic heterocycles. The maximum absolute atomic E-state index is 12.8. The van der Waals surface area contributed by atoms with E-state index in [1.165, 1.54) is 29.1 Å². The summed E-state index contributed by atoms with van der Waals surface area (Å²) in [5.74, 6) is 0.146. The maximum atomic E-state index is 12.8. The van der Waals surface area contributed by atoms with Crippen molar-refractivity contribution in [2.45, 2.75) is 24.8 Å². The van der Waals surface area contributed by atoms with Crippen LogP contribution in [-0.2, 0) is 16.6 Å². The van der Waals surface area contributed by atoms with Gasteiger partial charge in [-0.15, -0.1) is 0 Å². The van der Waals surface area contributed by atoms with E-state index in [0.29, 0.717) is 25.1 Å². The Hall–Kier alpha value is -1.08. The van der Waals surface area contributed by atoms with E-state index < -0.39 is 10.0 Å². The van der Waals surface area contributed by atoms with E-state index in [-0.39, 0.29) is 22.3 Å². The second kappa shape index (κ2) is 6.36. The van der Waals surface area contributed by atoms with E-state index in [1.54, 1.807) is 0 Å². The lowest BCUT2D eigenvalue weighted by atomic mass is 10.1. The first-order valence-electron chi connectivity index (χ1n) is 6.53. The van der Waals surface area contributed by atoms with Crippen LogP contribution in [0.4, 0.5) is 0 Å². The van der Waals surface area contributed by atoms with Crippen LogP contribution in [0.2, 0.25) is 5.02 Å². The molecular weight excluding hydrogens is 314 g/mol. The number of aliphatic hydroxyl groups is 1. The molecule has 21 heavy (non-hydrogen) atoms. The highest BCUT2D eigenvalue weighted by molar-refractivity contribution is 7.89. The number of ether oxygens (including phenoxy) is 1. The molecule has 0 saturated carbocycles. The van der Waals surface area contributed by atoms with E-state index >= 15 is 0 Å². The van der Waals surface area contributed by atoms with Crippen LogP contribution in [0.3, 0.4) is 0 Å². The minimum Gasteiger partial charge on any atom is -0.495 e. The van der Waals surface area contributed by atoms with Gasteiger partial charge in [-0.3, -0.25) is 0 Å². The third-order valence-electron chi connectivity index (χ3n) is 3.49. The predicted octanol–water partition coefficient (Wildman–Crippen LogP) is 2.18. The fourth-order valence-corrected chi connectivity index (χ4v) is 4.18. The fourth-order valence-electron chi connectivity index (χ4n) is 2.27. The Bertz CT molecular complexity index is 670. The van der Waals surface area contributed by atoms with E-state index in [2.05, 4.69) is 0 Å². The smallest absolute Gasteiger partial charge is 0.247 e. The summed E-state index contributed by atoms with van der Waals surface area (Å²) in [6.45, 7) is 2.39. The molecule has 1 aromatic carbocycles. The topological polar surface area (TPSA) is 66.8 Å². The molecule has 116 valence electrons. The van der Waals surface area contributed by atoms with Gasteiger partial charge in [0.25, 0.3) is 0 Å². The number of benzene rings is 1. The van der Waals surface area contributed by atoms with Crippen LogP contribution in [0.1, 0.15) is 18.9 Å². The first-order valence-corrected chi connectivity index (χ1v) is 8.35. The van der Waals surface area contributed by atoms with Crippen molar-refractivity contribution in [3.63, 3.8) is 0 Å². The molecule has 0 bridgehead atoms. The second-order valence-corrected chi connectivity index (χ2v) is 7.26. The van der Waals surface area contributed by atoms with Gasteiger partial charge in [0.1, 0.15) is 10.6 Å². The Morgan fingerprint density at radius 3 is 2.67 bits per heavy atom. The van der Waals surface area contributed by atoms with Crippen molar-refractivity contribution in [3.8, 4) is 5.75 Å². The van der Waals surface area contributed by atoms with Crippen LogP contribution < -0.4 is 4.74 Å². The highest BCUT2D eigenvalue weighted by Gasteiger charge is 2.30. The molecule has 1 N–H and O–H groups in total. The van der Waals surface area contributed by atoms with Gasteiger partial charge < -0.3 is 9.84 Å². The van der Waals surface area contributed by atoms with Gasteiger partial charge in [-0.1, -0.05) is 23.3 Å². The number of sulfonamides is 1. The summed E-state index contributed by atoms with van der Waals surface area (Å²) in [5.41, 5.74) is 1.53. The molecule has 0 radical (unpaired) electrons. The maximum Gasteiger partial charge on any atom is 0.247 e. The molecule has 1 aliphatic rings.